The van der Waals surface area contributed by atoms with E-state index in [0.717, 1.165) is 6.04 Å². The van der Waals surface area contributed by atoms with E-state index < -0.39 is 8.80 Å². The van der Waals surface area contributed by atoms with E-state index in [1.165, 1.54) is 0 Å². The Hall–Kier alpha value is -0.163. The van der Waals surface area contributed by atoms with Crippen molar-refractivity contribution in [2.45, 2.75) is 13.0 Å². The minimum Gasteiger partial charge on any atom is -0.377 e. The fourth-order valence-corrected chi connectivity index (χ4v) is 2.93. The molecule has 0 aromatic heterocycles. The van der Waals surface area contributed by atoms with Gasteiger partial charge in [-0.1, -0.05) is 13.0 Å². The van der Waals surface area contributed by atoms with Crippen LogP contribution in [0.1, 0.15) is 6.92 Å². The van der Waals surface area contributed by atoms with Crippen molar-refractivity contribution in [1.82, 2.24) is 0 Å². The van der Waals surface area contributed by atoms with Crippen LogP contribution in [-0.2, 0) is 13.3 Å². The van der Waals surface area contributed by atoms with Crippen molar-refractivity contribution in [2.24, 2.45) is 5.92 Å². The molecule has 0 heterocycles. The fourth-order valence-electron chi connectivity index (χ4n) is 0.978. The van der Waals surface area contributed by atoms with Gasteiger partial charge in [0.15, 0.2) is 0 Å². The molecule has 0 bridgehead atoms. The van der Waals surface area contributed by atoms with Crippen molar-refractivity contribution in [3.63, 3.8) is 0 Å². The molecule has 0 aliphatic rings. The second kappa shape index (κ2) is 5.48. The predicted molar refractivity (Wildman–Crippen MR) is 50.9 cm³/mol. The van der Waals surface area contributed by atoms with Gasteiger partial charge < -0.3 is 13.3 Å². The van der Waals surface area contributed by atoms with Gasteiger partial charge in [-0.25, -0.2) is 0 Å². The molecule has 0 fully saturated rings. The first-order valence-corrected chi connectivity index (χ1v) is 5.85. The standard InChI is InChI=1S/C8H18O3Si/c1-6-8(2)7-12(9-3,10-4)11-5/h6,8H,1,7H2,2-5H3. The number of rotatable bonds is 6. The van der Waals surface area contributed by atoms with E-state index in [-0.39, 0.29) is 0 Å². The van der Waals surface area contributed by atoms with E-state index in [2.05, 4.69) is 13.5 Å². The minimum atomic E-state index is -2.37. The zero-order chi connectivity index (χ0) is 9.61. The molecular formula is C8H18O3Si. The van der Waals surface area contributed by atoms with Crippen LogP contribution >= 0.6 is 0 Å². The second-order valence-corrected chi connectivity index (χ2v) is 5.71. The second-order valence-electron chi connectivity index (χ2n) is 2.71. The third-order valence-electron chi connectivity index (χ3n) is 1.91. The summed E-state index contributed by atoms with van der Waals surface area (Å²) in [6.07, 6.45) is 1.87. The Bertz CT molecular complexity index is 126. The molecule has 0 aliphatic carbocycles. The molecule has 4 heteroatoms. The van der Waals surface area contributed by atoms with Crippen LogP contribution in [0.15, 0.2) is 12.7 Å². The predicted octanol–water partition coefficient (Wildman–Crippen LogP) is 1.69. The first kappa shape index (κ1) is 11.8. The quantitative estimate of drug-likeness (QED) is 0.471. The van der Waals surface area contributed by atoms with Crippen molar-refractivity contribution in [2.75, 3.05) is 21.3 Å². The van der Waals surface area contributed by atoms with Gasteiger partial charge in [-0.05, 0) is 5.92 Å². The molecule has 0 aromatic carbocycles. The molecule has 1 atom stereocenters. The van der Waals surface area contributed by atoms with Gasteiger partial charge in [0.1, 0.15) is 0 Å². The Morgan fingerprint density at radius 3 is 1.92 bits per heavy atom. The van der Waals surface area contributed by atoms with Gasteiger partial charge in [0.25, 0.3) is 0 Å². The summed E-state index contributed by atoms with van der Waals surface area (Å²) in [7, 11) is 2.49. The van der Waals surface area contributed by atoms with Gasteiger partial charge in [-0.15, -0.1) is 6.58 Å². The van der Waals surface area contributed by atoms with Crippen molar-refractivity contribution in [1.29, 1.82) is 0 Å². The molecule has 0 aliphatic heterocycles. The molecule has 0 spiro atoms. The highest BCUT2D eigenvalue weighted by Crippen LogP contribution is 2.19. The lowest BCUT2D eigenvalue weighted by Crippen LogP contribution is -2.43. The molecule has 0 radical (unpaired) electrons. The lowest BCUT2D eigenvalue weighted by molar-refractivity contribution is 0.121. The summed E-state index contributed by atoms with van der Waals surface area (Å²) in [5, 5.41) is 0. The average molecular weight is 190 g/mol. The normalized spacial score (nSPS) is 14.3. The fraction of sp³-hybridized carbons (Fsp3) is 0.750. The summed E-state index contributed by atoms with van der Waals surface area (Å²) in [5.74, 6) is 0.358. The molecule has 1 unspecified atom stereocenters. The first-order valence-electron chi connectivity index (χ1n) is 3.92. The summed E-state index contributed by atoms with van der Waals surface area (Å²) in [5.41, 5.74) is 0. The molecule has 72 valence electrons. The number of hydrogen-bond donors (Lipinski definition) is 0. The maximum Gasteiger partial charge on any atom is 0.500 e. The summed E-state index contributed by atoms with van der Waals surface area (Å²) in [6.45, 7) is 5.76. The highest BCUT2D eigenvalue weighted by atomic mass is 28.4. The Morgan fingerprint density at radius 2 is 1.67 bits per heavy atom. The Labute approximate surface area is 75.7 Å². The van der Waals surface area contributed by atoms with Crippen LogP contribution in [0.25, 0.3) is 0 Å². The van der Waals surface area contributed by atoms with Crippen molar-refractivity contribution in [3.8, 4) is 0 Å². The van der Waals surface area contributed by atoms with Gasteiger partial charge in [0, 0.05) is 27.4 Å². The van der Waals surface area contributed by atoms with E-state index in [0.29, 0.717) is 5.92 Å². The third kappa shape index (κ3) is 3.06. The van der Waals surface area contributed by atoms with Crippen molar-refractivity contribution >= 4 is 8.80 Å². The van der Waals surface area contributed by atoms with Gasteiger partial charge >= 0.3 is 8.80 Å². The lowest BCUT2D eigenvalue weighted by Gasteiger charge is -2.25. The molecule has 3 nitrogen and oxygen atoms in total. The zero-order valence-electron chi connectivity index (χ0n) is 8.29. The first-order chi connectivity index (χ1) is 5.64. The van der Waals surface area contributed by atoms with E-state index in [1.807, 2.05) is 6.08 Å². The smallest absolute Gasteiger partial charge is 0.377 e. The van der Waals surface area contributed by atoms with E-state index >= 15 is 0 Å². The highest BCUT2D eigenvalue weighted by molar-refractivity contribution is 6.60. The number of hydrogen-bond acceptors (Lipinski definition) is 3. The Kier molecular flexibility index (Phi) is 5.40. The van der Waals surface area contributed by atoms with Gasteiger partial charge in [0.05, 0.1) is 0 Å². The monoisotopic (exact) mass is 190 g/mol. The third-order valence-corrected chi connectivity index (χ3v) is 4.92. The highest BCUT2D eigenvalue weighted by Gasteiger charge is 2.38. The minimum absolute atomic E-state index is 0.358. The average Bonchev–Trinajstić information content (AvgIpc) is 2.14. The maximum absolute atomic E-state index is 5.26. The Balaban J connectivity index is 4.18. The Morgan fingerprint density at radius 1 is 1.25 bits per heavy atom. The van der Waals surface area contributed by atoms with Crippen LogP contribution < -0.4 is 0 Å². The summed E-state index contributed by atoms with van der Waals surface area (Å²) >= 11 is 0. The van der Waals surface area contributed by atoms with E-state index in [1.54, 1.807) is 21.3 Å². The SMILES string of the molecule is C=CC(C)C[Si](OC)(OC)OC. The van der Waals surface area contributed by atoms with Crippen LogP contribution in [0.3, 0.4) is 0 Å². The lowest BCUT2D eigenvalue weighted by atomic mass is 10.2. The van der Waals surface area contributed by atoms with Crippen LogP contribution in [-0.4, -0.2) is 30.1 Å². The molecule has 0 N–H and O–H groups in total. The topological polar surface area (TPSA) is 27.7 Å². The van der Waals surface area contributed by atoms with Gasteiger partial charge in [-0.2, -0.15) is 0 Å². The molecular weight excluding hydrogens is 172 g/mol. The molecule has 0 aromatic rings. The van der Waals surface area contributed by atoms with Crippen LogP contribution in [0, 0.1) is 5.92 Å². The van der Waals surface area contributed by atoms with E-state index in [4.69, 9.17) is 13.3 Å². The van der Waals surface area contributed by atoms with Crippen LogP contribution in [0.5, 0.6) is 0 Å². The largest absolute Gasteiger partial charge is 0.500 e. The van der Waals surface area contributed by atoms with Crippen molar-refractivity contribution < 1.29 is 13.3 Å². The molecule has 12 heavy (non-hydrogen) atoms. The zero-order valence-corrected chi connectivity index (χ0v) is 9.29. The van der Waals surface area contributed by atoms with Crippen LogP contribution in [0.2, 0.25) is 6.04 Å². The van der Waals surface area contributed by atoms with Gasteiger partial charge in [0.2, 0.25) is 0 Å². The number of allylic oxidation sites excluding steroid dienone is 1. The molecule has 0 saturated heterocycles. The molecule has 0 rings (SSSR count). The van der Waals surface area contributed by atoms with Crippen molar-refractivity contribution in [3.05, 3.63) is 12.7 Å². The summed E-state index contributed by atoms with van der Waals surface area (Å²) < 4.78 is 15.8. The van der Waals surface area contributed by atoms with Gasteiger partial charge in [-0.3, -0.25) is 0 Å². The summed E-state index contributed by atoms with van der Waals surface area (Å²) in [6, 6.07) is 0.778. The summed E-state index contributed by atoms with van der Waals surface area (Å²) in [4.78, 5) is 0. The van der Waals surface area contributed by atoms with E-state index in [9.17, 15) is 0 Å². The molecule has 0 saturated carbocycles. The maximum atomic E-state index is 5.26. The molecule has 0 amide bonds. The van der Waals surface area contributed by atoms with Crippen LogP contribution in [0.4, 0.5) is 0 Å².